The van der Waals surface area contributed by atoms with Crippen molar-refractivity contribution in [1.29, 1.82) is 0 Å². The molecule has 0 saturated carbocycles. The van der Waals surface area contributed by atoms with Gasteiger partial charge in [-0.15, -0.1) is 0 Å². The SMILES string of the molecule is CCOc1ccc(Cc2cc(COC(=S)c3ccccc3)ccc2Cl)cc1. The van der Waals surface area contributed by atoms with E-state index in [4.69, 9.17) is 33.3 Å². The van der Waals surface area contributed by atoms with E-state index in [1.165, 1.54) is 5.56 Å². The summed E-state index contributed by atoms with van der Waals surface area (Å²) < 4.78 is 11.3. The van der Waals surface area contributed by atoms with E-state index >= 15 is 0 Å². The fraction of sp³-hybridized carbons (Fsp3) is 0.174. The van der Waals surface area contributed by atoms with Crippen molar-refractivity contribution < 1.29 is 9.47 Å². The predicted octanol–water partition coefficient (Wildman–Crippen LogP) is 6.22. The lowest BCUT2D eigenvalue weighted by atomic mass is 10.0. The molecule has 0 spiro atoms. The molecule has 0 unspecified atom stereocenters. The average molecular weight is 397 g/mol. The molecule has 0 aliphatic rings. The third-order valence-electron chi connectivity index (χ3n) is 4.12. The highest BCUT2D eigenvalue weighted by atomic mass is 35.5. The molecule has 0 saturated heterocycles. The van der Waals surface area contributed by atoms with Crippen molar-refractivity contribution in [2.45, 2.75) is 20.0 Å². The molecule has 2 nitrogen and oxygen atoms in total. The molecule has 0 aromatic heterocycles. The minimum atomic E-state index is 0.418. The van der Waals surface area contributed by atoms with E-state index in [0.717, 1.165) is 33.9 Å². The maximum atomic E-state index is 6.39. The Bertz CT molecular complexity index is 892. The van der Waals surface area contributed by atoms with Crippen molar-refractivity contribution in [2.24, 2.45) is 0 Å². The van der Waals surface area contributed by atoms with E-state index in [2.05, 4.69) is 18.2 Å². The molecular weight excluding hydrogens is 376 g/mol. The van der Waals surface area contributed by atoms with Crippen LogP contribution in [-0.4, -0.2) is 11.7 Å². The van der Waals surface area contributed by atoms with Gasteiger partial charge in [-0.25, -0.2) is 0 Å². The van der Waals surface area contributed by atoms with Crippen LogP contribution >= 0.6 is 23.8 Å². The summed E-state index contributed by atoms with van der Waals surface area (Å²) in [6.45, 7) is 3.06. The van der Waals surface area contributed by atoms with E-state index < -0.39 is 0 Å². The first-order chi connectivity index (χ1) is 13.2. The maximum Gasteiger partial charge on any atom is 0.191 e. The molecule has 0 amide bonds. The standard InChI is InChI=1S/C23H21ClO2S/c1-2-25-21-11-8-17(9-12-21)14-20-15-18(10-13-22(20)24)16-26-23(27)19-6-4-3-5-7-19/h3-13,15H,2,14,16H2,1H3. The first-order valence-electron chi connectivity index (χ1n) is 8.87. The van der Waals surface area contributed by atoms with Crippen LogP contribution in [0, 0.1) is 0 Å². The molecule has 4 heteroatoms. The molecule has 0 atom stereocenters. The Morgan fingerprint density at radius 3 is 2.33 bits per heavy atom. The molecule has 3 aromatic carbocycles. The predicted molar refractivity (Wildman–Crippen MR) is 115 cm³/mol. The number of benzene rings is 3. The van der Waals surface area contributed by atoms with Crippen LogP contribution in [0.1, 0.15) is 29.2 Å². The lowest BCUT2D eigenvalue weighted by Gasteiger charge is -2.11. The zero-order chi connectivity index (χ0) is 19.1. The molecule has 138 valence electrons. The van der Waals surface area contributed by atoms with Crippen molar-refractivity contribution in [3.8, 4) is 5.75 Å². The van der Waals surface area contributed by atoms with Crippen LogP contribution in [0.4, 0.5) is 0 Å². The molecule has 0 aliphatic carbocycles. The first-order valence-corrected chi connectivity index (χ1v) is 9.65. The van der Waals surface area contributed by atoms with Gasteiger partial charge in [-0.3, -0.25) is 0 Å². The lowest BCUT2D eigenvalue weighted by molar-refractivity contribution is 0.302. The van der Waals surface area contributed by atoms with Crippen molar-refractivity contribution in [3.05, 3.63) is 100 Å². The van der Waals surface area contributed by atoms with Crippen LogP contribution in [0.3, 0.4) is 0 Å². The Balaban J connectivity index is 1.66. The molecule has 0 aliphatic heterocycles. The summed E-state index contributed by atoms with van der Waals surface area (Å²) in [6, 6.07) is 23.8. The van der Waals surface area contributed by atoms with E-state index in [0.29, 0.717) is 18.3 Å². The number of hydrogen-bond acceptors (Lipinski definition) is 3. The summed E-state index contributed by atoms with van der Waals surface area (Å²) in [5, 5.41) is 1.25. The number of ether oxygens (including phenoxy) is 2. The zero-order valence-electron chi connectivity index (χ0n) is 15.2. The molecule has 3 rings (SSSR count). The average Bonchev–Trinajstić information content (AvgIpc) is 2.70. The van der Waals surface area contributed by atoms with Gasteiger partial charge in [-0.2, -0.15) is 0 Å². The summed E-state index contributed by atoms with van der Waals surface area (Å²) in [7, 11) is 0. The van der Waals surface area contributed by atoms with Gasteiger partial charge in [-0.1, -0.05) is 66.2 Å². The van der Waals surface area contributed by atoms with E-state index in [-0.39, 0.29) is 0 Å². The molecule has 27 heavy (non-hydrogen) atoms. The lowest BCUT2D eigenvalue weighted by Crippen LogP contribution is -2.04. The van der Waals surface area contributed by atoms with Crippen molar-refractivity contribution in [2.75, 3.05) is 6.61 Å². The van der Waals surface area contributed by atoms with Gasteiger partial charge < -0.3 is 9.47 Å². The van der Waals surface area contributed by atoms with Crippen LogP contribution in [0.2, 0.25) is 5.02 Å². The van der Waals surface area contributed by atoms with Crippen molar-refractivity contribution >= 4 is 28.9 Å². The normalized spacial score (nSPS) is 10.4. The summed E-state index contributed by atoms with van der Waals surface area (Å²) >= 11 is 11.8. The van der Waals surface area contributed by atoms with Crippen LogP contribution < -0.4 is 4.74 Å². The summed E-state index contributed by atoms with van der Waals surface area (Å²) in [4.78, 5) is 0. The summed E-state index contributed by atoms with van der Waals surface area (Å²) in [6.07, 6.45) is 0.752. The molecule has 0 fully saturated rings. The quantitative estimate of drug-likeness (QED) is 0.441. The van der Waals surface area contributed by atoms with Crippen molar-refractivity contribution in [3.63, 3.8) is 0 Å². The number of hydrogen-bond donors (Lipinski definition) is 0. The fourth-order valence-corrected chi connectivity index (χ4v) is 3.13. The second kappa shape index (κ2) is 9.54. The number of halogens is 1. The summed E-state index contributed by atoms with van der Waals surface area (Å²) in [5.74, 6) is 0.879. The third kappa shape index (κ3) is 5.56. The van der Waals surface area contributed by atoms with Gasteiger partial charge in [0.1, 0.15) is 12.4 Å². The Morgan fingerprint density at radius 1 is 0.926 bits per heavy atom. The van der Waals surface area contributed by atoms with Gasteiger partial charge in [0.2, 0.25) is 0 Å². The Morgan fingerprint density at radius 2 is 1.63 bits per heavy atom. The molecule has 0 radical (unpaired) electrons. The van der Waals surface area contributed by atoms with Gasteiger partial charge in [0.15, 0.2) is 5.05 Å². The second-order valence-corrected chi connectivity index (χ2v) is 6.90. The van der Waals surface area contributed by atoms with Gasteiger partial charge in [0, 0.05) is 10.6 Å². The second-order valence-electron chi connectivity index (χ2n) is 6.12. The molecule has 0 N–H and O–H groups in total. The van der Waals surface area contributed by atoms with E-state index in [1.807, 2.05) is 61.5 Å². The molecule has 0 heterocycles. The highest BCUT2D eigenvalue weighted by Gasteiger charge is 2.07. The third-order valence-corrected chi connectivity index (χ3v) is 4.84. The topological polar surface area (TPSA) is 18.5 Å². The minimum Gasteiger partial charge on any atom is -0.494 e. The first kappa shape index (κ1) is 19.4. The zero-order valence-corrected chi connectivity index (χ0v) is 16.7. The Kier molecular flexibility index (Phi) is 6.86. The summed E-state index contributed by atoms with van der Waals surface area (Å²) in [5.41, 5.74) is 4.19. The number of rotatable bonds is 7. The van der Waals surface area contributed by atoms with Crippen LogP contribution in [0.25, 0.3) is 0 Å². The molecule has 0 bridgehead atoms. The largest absolute Gasteiger partial charge is 0.494 e. The van der Waals surface area contributed by atoms with E-state index in [9.17, 15) is 0 Å². The Hall–Kier alpha value is -2.36. The van der Waals surface area contributed by atoms with Gasteiger partial charge in [-0.05, 0) is 60.5 Å². The van der Waals surface area contributed by atoms with Crippen molar-refractivity contribution in [1.82, 2.24) is 0 Å². The maximum absolute atomic E-state index is 6.39. The molecular formula is C23H21ClO2S. The highest BCUT2D eigenvalue weighted by Crippen LogP contribution is 2.23. The van der Waals surface area contributed by atoms with E-state index in [1.54, 1.807) is 0 Å². The number of thiocarbonyl (C=S) groups is 1. The fourth-order valence-electron chi connectivity index (χ4n) is 2.75. The highest BCUT2D eigenvalue weighted by molar-refractivity contribution is 7.80. The van der Waals surface area contributed by atoms with Crippen LogP contribution in [-0.2, 0) is 17.8 Å². The minimum absolute atomic E-state index is 0.418. The van der Waals surface area contributed by atoms with Crippen LogP contribution in [0.5, 0.6) is 5.75 Å². The van der Waals surface area contributed by atoms with Gasteiger partial charge in [0.25, 0.3) is 0 Å². The van der Waals surface area contributed by atoms with Gasteiger partial charge in [0.05, 0.1) is 6.61 Å². The Labute approximate surface area is 170 Å². The monoisotopic (exact) mass is 396 g/mol. The smallest absolute Gasteiger partial charge is 0.191 e. The molecule has 3 aromatic rings. The van der Waals surface area contributed by atoms with Crippen LogP contribution in [0.15, 0.2) is 72.8 Å². The van der Waals surface area contributed by atoms with Gasteiger partial charge >= 0.3 is 0 Å².